The second-order valence-corrected chi connectivity index (χ2v) is 11.6. The Kier molecular flexibility index (Phi) is 9.05. The molecule has 204 valence electrons. The maximum atomic E-state index is 13.7. The fourth-order valence-corrected chi connectivity index (χ4v) is 4.96. The van der Waals surface area contributed by atoms with E-state index in [1.54, 1.807) is 46.3 Å². The number of nitrogens with zero attached hydrogens (tertiary/aromatic N) is 2. The van der Waals surface area contributed by atoms with Gasteiger partial charge < -0.3 is 20.2 Å². The van der Waals surface area contributed by atoms with E-state index in [9.17, 15) is 19.5 Å². The van der Waals surface area contributed by atoms with Gasteiger partial charge in [-0.2, -0.15) is 0 Å². The number of allylic oxidation sites excluding steroid dienone is 1. The Labute approximate surface area is 230 Å². The summed E-state index contributed by atoms with van der Waals surface area (Å²) in [6, 6.07) is 12.9. The summed E-state index contributed by atoms with van der Waals surface area (Å²) in [5.74, 6) is -0.994. The maximum absolute atomic E-state index is 13.7. The number of carbonyl (C=O) groups excluding carboxylic acids is 3. The summed E-state index contributed by atoms with van der Waals surface area (Å²) in [4.78, 5) is 42.8. The maximum Gasteiger partial charge on any atom is 0.251 e. The van der Waals surface area contributed by atoms with Gasteiger partial charge in [0.25, 0.3) is 5.91 Å². The molecule has 7 nitrogen and oxygen atoms in total. The third kappa shape index (κ3) is 6.45. The highest BCUT2D eigenvalue weighted by molar-refractivity contribution is 6.30. The molecule has 2 amide bonds. The van der Waals surface area contributed by atoms with E-state index >= 15 is 0 Å². The van der Waals surface area contributed by atoms with Crippen LogP contribution in [0.15, 0.2) is 60.8 Å². The number of aliphatic hydroxyl groups is 1. The number of halogens is 1. The predicted octanol–water partition coefficient (Wildman–Crippen LogP) is 4.50. The van der Waals surface area contributed by atoms with Crippen molar-refractivity contribution in [3.8, 4) is 0 Å². The SMILES string of the molecule is CC(C)[C@@H](NC(=O)c1cccc(C(=O)C=CN(C)C)c1)C(=O)N1CC[C@](O)(c2ccc(Cl)cc2)C(C)(C)C1. The largest absolute Gasteiger partial charge is 0.384 e. The first kappa shape index (κ1) is 29.4. The molecule has 8 heteroatoms. The molecular weight excluding hydrogens is 502 g/mol. The van der Waals surface area contributed by atoms with Gasteiger partial charge >= 0.3 is 0 Å². The first-order valence-corrected chi connectivity index (χ1v) is 13.2. The van der Waals surface area contributed by atoms with E-state index in [4.69, 9.17) is 11.6 Å². The summed E-state index contributed by atoms with van der Waals surface area (Å²) >= 11 is 6.04. The zero-order valence-corrected chi connectivity index (χ0v) is 23.7. The van der Waals surface area contributed by atoms with Crippen LogP contribution in [0.25, 0.3) is 0 Å². The Morgan fingerprint density at radius 3 is 2.29 bits per heavy atom. The molecule has 1 aliphatic heterocycles. The fourth-order valence-electron chi connectivity index (χ4n) is 4.83. The number of benzene rings is 2. The van der Waals surface area contributed by atoms with Gasteiger partial charge in [0.05, 0.1) is 5.60 Å². The molecule has 3 rings (SSSR count). The van der Waals surface area contributed by atoms with Crippen molar-refractivity contribution in [2.45, 2.75) is 45.8 Å². The minimum Gasteiger partial charge on any atom is -0.384 e. The van der Waals surface area contributed by atoms with Gasteiger partial charge in [0, 0.05) is 61.0 Å². The van der Waals surface area contributed by atoms with Crippen molar-refractivity contribution in [1.29, 1.82) is 0 Å². The van der Waals surface area contributed by atoms with Crippen molar-refractivity contribution in [2.24, 2.45) is 11.3 Å². The highest BCUT2D eigenvalue weighted by Gasteiger charge is 2.50. The molecule has 1 aliphatic rings. The first-order valence-electron chi connectivity index (χ1n) is 12.8. The Hall–Kier alpha value is -3.16. The number of likely N-dealkylation sites (tertiary alicyclic amines) is 1. The lowest BCUT2D eigenvalue weighted by Crippen LogP contribution is -2.60. The lowest BCUT2D eigenvalue weighted by molar-refractivity contribution is -0.155. The number of rotatable bonds is 8. The van der Waals surface area contributed by atoms with Gasteiger partial charge in [-0.3, -0.25) is 14.4 Å². The van der Waals surface area contributed by atoms with E-state index in [0.717, 1.165) is 5.56 Å². The molecule has 0 bridgehead atoms. The highest BCUT2D eigenvalue weighted by atomic mass is 35.5. The molecule has 38 heavy (non-hydrogen) atoms. The van der Waals surface area contributed by atoms with E-state index in [1.165, 1.54) is 12.1 Å². The van der Waals surface area contributed by atoms with Gasteiger partial charge in [-0.15, -0.1) is 0 Å². The number of nitrogens with one attached hydrogen (secondary N) is 1. The van der Waals surface area contributed by atoms with Crippen LogP contribution in [0.1, 0.15) is 60.4 Å². The summed E-state index contributed by atoms with van der Waals surface area (Å²) in [6.45, 7) is 8.32. The van der Waals surface area contributed by atoms with Crippen LogP contribution in [0, 0.1) is 11.3 Å². The minimum absolute atomic E-state index is 0.167. The van der Waals surface area contributed by atoms with Crippen molar-refractivity contribution < 1.29 is 19.5 Å². The summed E-state index contributed by atoms with van der Waals surface area (Å²) in [6.07, 6.45) is 3.45. The molecule has 0 aliphatic carbocycles. The van der Waals surface area contributed by atoms with Crippen molar-refractivity contribution in [3.63, 3.8) is 0 Å². The van der Waals surface area contributed by atoms with Crippen molar-refractivity contribution in [1.82, 2.24) is 15.1 Å². The number of ketones is 1. The van der Waals surface area contributed by atoms with Gasteiger partial charge in [0.15, 0.2) is 5.78 Å². The van der Waals surface area contributed by atoms with Crippen LogP contribution in [0.4, 0.5) is 0 Å². The van der Waals surface area contributed by atoms with Gasteiger partial charge in [-0.25, -0.2) is 0 Å². The molecule has 0 unspecified atom stereocenters. The Balaban J connectivity index is 1.75. The van der Waals surface area contributed by atoms with Gasteiger partial charge in [-0.1, -0.05) is 63.6 Å². The van der Waals surface area contributed by atoms with Crippen LogP contribution in [0.5, 0.6) is 0 Å². The van der Waals surface area contributed by atoms with Crippen molar-refractivity contribution in [2.75, 3.05) is 27.2 Å². The molecule has 1 saturated heterocycles. The van der Waals surface area contributed by atoms with Gasteiger partial charge in [0.1, 0.15) is 6.04 Å². The number of amides is 2. The minimum atomic E-state index is -1.13. The molecule has 0 saturated carbocycles. The predicted molar refractivity (Wildman–Crippen MR) is 150 cm³/mol. The van der Waals surface area contributed by atoms with Crippen LogP contribution in [-0.2, 0) is 10.4 Å². The number of carbonyl (C=O) groups is 3. The molecule has 2 aromatic rings. The lowest BCUT2D eigenvalue weighted by atomic mass is 9.66. The molecule has 2 N–H and O–H groups in total. The van der Waals surface area contributed by atoms with Crippen molar-refractivity contribution >= 4 is 29.2 Å². The quantitative estimate of drug-likeness (QED) is 0.381. The van der Waals surface area contributed by atoms with Crippen LogP contribution in [0.2, 0.25) is 5.02 Å². The van der Waals surface area contributed by atoms with E-state index < -0.39 is 23.0 Å². The average molecular weight is 540 g/mol. The zero-order chi connectivity index (χ0) is 28.3. The molecule has 0 radical (unpaired) electrons. The summed E-state index contributed by atoms with van der Waals surface area (Å²) in [5.41, 5.74) is -0.304. The van der Waals surface area contributed by atoms with E-state index in [2.05, 4.69) is 5.32 Å². The Morgan fingerprint density at radius 2 is 1.71 bits per heavy atom. The van der Waals surface area contributed by atoms with E-state index in [-0.39, 0.29) is 17.6 Å². The Morgan fingerprint density at radius 1 is 1.08 bits per heavy atom. The third-order valence-corrected chi connectivity index (χ3v) is 7.49. The summed E-state index contributed by atoms with van der Waals surface area (Å²) in [7, 11) is 3.64. The number of piperidine rings is 1. The third-order valence-electron chi connectivity index (χ3n) is 7.24. The van der Waals surface area contributed by atoms with Crippen molar-refractivity contribution in [3.05, 3.63) is 82.5 Å². The number of hydrogen-bond acceptors (Lipinski definition) is 5. The van der Waals surface area contributed by atoms with Crippen LogP contribution >= 0.6 is 11.6 Å². The highest BCUT2D eigenvalue weighted by Crippen LogP contribution is 2.46. The second-order valence-electron chi connectivity index (χ2n) is 11.2. The molecule has 0 aromatic heterocycles. The molecule has 2 atom stereocenters. The van der Waals surface area contributed by atoms with E-state index in [1.807, 2.05) is 53.9 Å². The fraction of sp³-hybridized carbons (Fsp3) is 0.433. The second kappa shape index (κ2) is 11.7. The standard InChI is InChI=1S/C30H38ClN3O4/c1-20(2)26(32-27(36)22-9-7-8-21(18-22)25(35)14-16-33(5)6)28(37)34-17-15-30(38,29(3,4)19-34)23-10-12-24(31)13-11-23/h7-14,16,18,20,26,38H,15,17,19H2,1-6H3,(H,32,36)/t26-,30+/m1/s1. The zero-order valence-electron chi connectivity index (χ0n) is 23.0. The number of hydrogen-bond donors (Lipinski definition) is 2. The average Bonchev–Trinajstić information content (AvgIpc) is 2.87. The van der Waals surface area contributed by atoms with Crippen LogP contribution in [0.3, 0.4) is 0 Å². The normalized spacial score (nSPS) is 19.9. The topological polar surface area (TPSA) is 90.0 Å². The molecular formula is C30H38ClN3O4. The van der Waals surface area contributed by atoms with Crippen LogP contribution < -0.4 is 5.32 Å². The lowest BCUT2D eigenvalue weighted by Gasteiger charge is -2.51. The molecule has 1 heterocycles. The summed E-state index contributed by atoms with van der Waals surface area (Å²) in [5, 5.41) is 15.1. The monoisotopic (exact) mass is 539 g/mol. The smallest absolute Gasteiger partial charge is 0.251 e. The molecule has 2 aromatic carbocycles. The van der Waals surface area contributed by atoms with Gasteiger partial charge in [0.2, 0.25) is 5.91 Å². The van der Waals surface area contributed by atoms with E-state index in [0.29, 0.717) is 35.7 Å². The Bertz CT molecular complexity index is 1210. The van der Waals surface area contributed by atoms with Gasteiger partial charge in [-0.05, 0) is 42.2 Å². The molecule has 1 fully saturated rings. The summed E-state index contributed by atoms with van der Waals surface area (Å²) < 4.78 is 0. The first-order chi connectivity index (χ1) is 17.7. The van der Waals surface area contributed by atoms with Crippen LogP contribution in [-0.4, -0.2) is 65.7 Å². The molecule has 0 spiro atoms.